The molecule has 35 heavy (non-hydrogen) atoms. The molecule has 0 spiro atoms. The van der Waals surface area contributed by atoms with E-state index in [1.165, 1.54) is 50.2 Å². The van der Waals surface area contributed by atoms with Crippen LogP contribution in [0, 0.1) is 17.8 Å². The van der Waals surface area contributed by atoms with E-state index in [2.05, 4.69) is 34.9 Å². The van der Waals surface area contributed by atoms with Gasteiger partial charge in [0.25, 0.3) is 5.91 Å². The Morgan fingerprint density at radius 2 is 1.43 bits per heavy atom. The predicted molar refractivity (Wildman–Crippen MR) is 137 cm³/mol. The molecule has 3 N–H and O–H groups in total. The van der Waals surface area contributed by atoms with Crippen LogP contribution in [-0.2, 0) is 5.41 Å². The highest BCUT2D eigenvalue weighted by Crippen LogP contribution is 2.60. The Hall–Kier alpha value is -3.60. The molecule has 0 aromatic heterocycles. The van der Waals surface area contributed by atoms with Gasteiger partial charge in [-0.05, 0) is 110 Å². The van der Waals surface area contributed by atoms with E-state index in [4.69, 9.17) is 0 Å². The fraction of sp³-hybridized carbons (Fsp3) is 0.333. The maximum atomic E-state index is 12.8. The maximum Gasteiger partial charge on any atom is 0.337 e. The van der Waals surface area contributed by atoms with Crippen molar-refractivity contribution in [2.24, 2.45) is 17.8 Å². The average Bonchev–Trinajstić information content (AvgIpc) is 2.84. The molecule has 5 nitrogen and oxygen atoms in total. The second-order valence-electron chi connectivity index (χ2n) is 10.8. The van der Waals surface area contributed by atoms with Crippen molar-refractivity contribution in [2.45, 2.75) is 43.9 Å². The zero-order valence-electron chi connectivity index (χ0n) is 19.7. The Bertz CT molecular complexity index is 1250. The van der Waals surface area contributed by atoms with Crippen LogP contribution < -0.4 is 10.6 Å². The van der Waals surface area contributed by atoms with Gasteiger partial charge in [0.1, 0.15) is 0 Å². The Kier molecular flexibility index (Phi) is 5.36. The SMILES string of the molecule is O=C(Nc1ccccc1C(=O)O)c1cccc(Nc2ccc(C34CC5CC(CC(C5)C3)C4)cc2)c1. The predicted octanol–water partition coefficient (Wildman–Crippen LogP) is 6.85. The van der Waals surface area contributed by atoms with Gasteiger partial charge in [-0.15, -0.1) is 0 Å². The van der Waals surface area contributed by atoms with Crippen molar-refractivity contribution < 1.29 is 14.7 Å². The number of carbonyl (C=O) groups is 2. The number of anilines is 3. The number of amides is 1. The van der Waals surface area contributed by atoms with Crippen molar-refractivity contribution in [1.29, 1.82) is 0 Å². The highest BCUT2D eigenvalue weighted by Gasteiger charge is 2.51. The number of carbonyl (C=O) groups excluding carboxylic acids is 1. The summed E-state index contributed by atoms with van der Waals surface area (Å²) >= 11 is 0. The molecule has 4 fully saturated rings. The molecule has 0 unspecified atom stereocenters. The largest absolute Gasteiger partial charge is 0.478 e. The summed E-state index contributed by atoms with van der Waals surface area (Å²) < 4.78 is 0. The molecule has 4 bridgehead atoms. The van der Waals surface area contributed by atoms with E-state index < -0.39 is 5.97 Å². The minimum atomic E-state index is -1.08. The summed E-state index contributed by atoms with van der Waals surface area (Å²) in [5.74, 6) is 1.36. The van der Waals surface area contributed by atoms with Crippen LogP contribution in [0.2, 0.25) is 0 Å². The Morgan fingerprint density at radius 3 is 2.09 bits per heavy atom. The van der Waals surface area contributed by atoms with Crippen molar-refractivity contribution in [2.75, 3.05) is 10.6 Å². The molecule has 0 saturated heterocycles. The third-order valence-electron chi connectivity index (χ3n) is 8.35. The van der Waals surface area contributed by atoms with Gasteiger partial charge in [0.15, 0.2) is 0 Å². The van der Waals surface area contributed by atoms with Crippen LogP contribution in [0.3, 0.4) is 0 Å². The first-order valence-corrected chi connectivity index (χ1v) is 12.6. The molecule has 0 heterocycles. The number of carboxylic acids is 1. The van der Waals surface area contributed by atoms with Crippen LogP contribution in [-0.4, -0.2) is 17.0 Å². The molecule has 0 atom stereocenters. The van der Waals surface area contributed by atoms with Crippen LogP contribution in [0.5, 0.6) is 0 Å². The number of benzene rings is 3. The summed E-state index contributed by atoms with van der Waals surface area (Å²) in [5, 5.41) is 15.5. The Balaban J connectivity index is 1.16. The van der Waals surface area contributed by atoms with Crippen LogP contribution in [0.4, 0.5) is 17.1 Å². The second kappa shape index (κ2) is 8.56. The molecule has 5 heteroatoms. The number of aromatic carboxylic acids is 1. The molecule has 1 amide bonds. The van der Waals surface area contributed by atoms with Gasteiger partial charge < -0.3 is 15.7 Å². The molecular formula is C30H30N2O3. The Labute approximate surface area is 205 Å². The van der Waals surface area contributed by atoms with Crippen molar-refractivity contribution in [3.05, 3.63) is 89.5 Å². The summed E-state index contributed by atoms with van der Waals surface area (Å²) in [6, 6.07) is 22.6. The van der Waals surface area contributed by atoms with Gasteiger partial charge in [0.2, 0.25) is 0 Å². The number of hydrogen-bond donors (Lipinski definition) is 3. The van der Waals surface area contributed by atoms with Gasteiger partial charge in [-0.1, -0.05) is 30.3 Å². The highest BCUT2D eigenvalue weighted by atomic mass is 16.4. The number of nitrogens with one attached hydrogen (secondary N) is 2. The topological polar surface area (TPSA) is 78.4 Å². The summed E-state index contributed by atoms with van der Waals surface area (Å²) in [7, 11) is 0. The van der Waals surface area contributed by atoms with Crippen LogP contribution in [0.25, 0.3) is 0 Å². The summed E-state index contributed by atoms with van der Waals surface area (Å²) in [4.78, 5) is 24.2. The highest BCUT2D eigenvalue weighted by molar-refractivity contribution is 6.08. The Morgan fingerprint density at radius 1 is 0.771 bits per heavy atom. The molecule has 178 valence electrons. The molecule has 3 aromatic carbocycles. The second-order valence-corrected chi connectivity index (χ2v) is 10.8. The fourth-order valence-electron chi connectivity index (χ4n) is 7.25. The van der Waals surface area contributed by atoms with Gasteiger partial charge in [-0.3, -0.25) is 4.79 Å². The van der Waals surface area contributed by atoms with Crippen LogP contribution in [0.1, 0.15) is 64.8 Å². The summed E-state index contributed by atoms with van der Waals surface area (Å²) in [5.41, 5.74) is 4.49. The van der Waals surface area contributed by atoms with E-state index >= 15 is 0 Å². The maximum absolute atomic E-state index is 12.8. The first kappa shape index (κ1) is 21.9. The quantitative estimate of drug-likeness (QED) is 0.371. The molecular weight excluding hydrogens is 436 g/mol. The zero-order chi connectivity index (χ0) is 24.0. The van der Waals surface area contributed by atoms with E-state index in [1.54, 1.807) is 30.3 Å². The molecule has 4 saturated carbocycles. The van der Waals surface area contributed by atoms with Gasteiger partial charge in [-0.25, -0.2) is 4.79 Å². The van der Waals surface area contributed by atoms with E-state index in [0.717, 1.165) is 29.1 Å². The normalized spacial score (nSPS) is 26.3. The summed E-state index contributed by atoms with van der Waals surface area (Å²) in [6.07, 6.45) is 8.41. The lowest BCUT2D eigenvalue weighted by Crippen LogP contribution is -2.48. The van der Waals surface area contributed by atoms with E-state index in [0.29, 0.717) is 11.0 Å². The van der Waals surface area contributed by atoms with Crippen molar-refractivity contribution in [1.82, 2.24) is 0 Å². The average molecular weight is 467 g/mol. The number of rotatable bonds is 6. The number of para-hydroxylation sites is 1. The molecule has 0 aliphatic heterocycles. The molecule has 4 aliphatic rings. The first-order valence-electron chi connectivity index (χ1n) is 12.6. The monoisotopic (exact) mass is 466 g/mol. The summed E-state index contributed by atoms with van der Waals surface area (Å²) in [6.45, 7) is 0. The molecule has 0 radical (unpaired) electrons. The van der Waals surface area contributed by atoms with Crippen molar-refractivity contribution >= 4 is 28.9 Å². The minimum Gasteiger partial charge on any atom is -0.478 e. The van der Waals surface area contributed by atoms with Gasteiger partial charge in [0.05, 0.1) is 11.3 Å². The van der Waals surface area contributed by atoms with Gasteiger partial charge in [-0.2, -0.15) is 0 Å². The molecule has 7 rings (SSSR count). The molecule has 3 aromatic rings. The molecule has 4 aliphatic carbocycles. The van der Waals surface area contributed by atoms with E-state index in [9.17, 15) is 14.7 Å². The fourth-order valence-corrected chi connectivity index (χ4v) is 7.25. The van der Waals surface area contributed by atoms with Crippen molar-refractivity contribution in [3.8, 4) is 0 Å². The lowest BCUT2D eigenvalue weighted by atomic mass is 9.48. The van der Waals surface area contributed by atoms with E-state index in [-0.39, 0.29) is 17.2 Å². The number of hydrogen-bond acceptors (Lipinski definition) is 3. The lowest BCUT2D eigenvalue weighted by molar-refractivity contribution is -0.00518. The standard InChI is InChI=1S/C30H30N2O3/c33-28(32-27-7-2-1-6-26(27)29(34)35)22-4-3-5-25(15-22)31-24-10-8-23(9-11-24)30-16-19-12-20(17-30)14-21(13-19)18-30/h1-11,15,19-21,31H,12-14,16-18H2,(H,32,33)(H,34,35). The van der Waals surface area contributed by atoms with E-state index in [1.807, 2.05) is 12.1 Å². The third kappa shape index (κ3) is 4.20. The first-order chi connectivity index (χ1) is 17.0. The van der Waals surface area contributed by atoms with Crippen molar-refractivity contribution in [3.63, 3.8) is 0 Å². The third-order valence-corrected chi connectivity index (χ3v) is 8.35. The van der Waals surface area contributed by atoms with Gasteiger partial charge >= 0.3 is 5.97 Å². The van der Waals surface area contributed by atoms with Crippen LogP contribution >= 0.6 is 0 Å². The van der Waals surface area contributed by atoms with Crippen LogP contribution in [0.15, 0.2) is 72.8 Å². The zero-order valence-corrected chi connectivity index (χ0v) is 19.7. The lowest BCUT2D eigenvalue weighted by Gasteiger charge is -2.57. The number of carboxylic acid groups (broad SMARTS) is 1. The smallest absolute Gasteiger partial charge is 0.337 e. The van der Waals surface area contributed by atoms with Gasteiger partial charge in [0, 0.05) is 16.9 Å². The minimum absolute atomic E-state index is 0.0641.